The van der Waals surface area contributed by atoms with Crippen LogP contribution in [0.5, 0.6) is 0 Å². The molecular formula is C31H20BN. The second kappa shape index (κ2) is 6.27. The Kier molecular flexibility index (Phi) is 3.33. The van der Waals surface area contributed by atoms with Crippen LogP contribution < -0.4 is 16.4 Å². The van der Waals surface area contributed by atoms with Gasteiger partial charge in [0.1, 0.15) is 0 Å². The highest BCUT2D eigenvalue weighted by Crippen LogP contribution is 2.35. The number of hydrogen-bond acceptors (Lipinski definition) is 0. The van der Waals surface area contributed by atoms with Crippen LogP contribution in [0.2, 0.25) is 0 Å². The van der Waals surface area contributed by atoms with Crippen LogP contribution in [0.15, 0.2) is 109 Å². The molecule has 0 saturated heterocycles. The molecule has 0 N–H and O–H groups in total. The molecule has 0 atom stereocenters. The molecule has 152 valence electrons. The van der Waals surface area contributed by atoms with Crippen molar-refractivity contribution in [3.63, 3.8) is 0 Å². The summed E-state index contributed by atoms with van der Waals surface area (Å²) in [6, 6.07) is 40.5. The molecule has 5 aromatic carbocycles. The van der Waals surface area contributed by atoms with E-state index in [1.54, 1.807) is 0 Å². The van der Waals surface area contributed by atoms with Gasteiger partial charge in [0.15, 0.2) is 0 Å². The first-order valence-electron chi connectivity index (χ1n) is 11.7. The molecule has 1 aromatic heterocycles. The number of aromatic nitrogens is 1. The summed E-state index contributed by atoms with van der Waals surface area (Å²) in [6.07, 6.45) is 0.996. The van der Waals surface area contributed by atoms with E-state index in [0.29, 0.717) is 0 Å². The molecule has 6 aromatic rings. The first-order valence-corrected chi connectivity index (χ1v) is 11.7. The molecule has 0 fully saturated rings. The zero-order chi connectivity index (χ0) is 21.5. The van der Waals surface area contributed by atoms with E-state index in [1.807, 2.05) is 0 Å². The molecule has 2 heteroatoms. The quantitative estimate of drug-likeness (QED) is 0.324. The van der Waals surface area contributed by atoms with Gasteiger partial charge in [-0.25, -0.2) is 0 Å². The zero-order valence-electron chi connectivity index (χ0n) is 18.1. The topological polar surface area (TPSA) is 4.93 Å². The monoisotopic (exact) mass is 417 g/mol. The summed E-state index contributed by atoms with van der Waals surface area (Å²) in [7, 11) is 0. The van der Waals surface area contributed by atoms with Crippen molar-refractivity contribution in [1.82, 2.24) is 4.57 Å². The third-order valence-corrected chi connectivity index (χ3v) is 7.69. The molecule has 8 rings (SSSR count). The van der Waals surface area contributed by atoms with Gasteiger partial charge >= 0.3 is 0 Å². The fourth-order valence-corrected chi connectivity index (χ4v) is 6.31. The van der Waals surface area contributed by atoms with Crippen molar-refractivity contribution < 1.29 is 0 Å². The largest absolute Gasteiger partial charge is 0.310 e. The lowest BCUT2D eigenvalue weighted by atomic mass is 9.32. The SMILES string of the molecule is c1ccc(-c2ccc3c(c2)B2c4ccccc4-n4c5ccccc5c5ccc(c2c54)C3)cc1. The minimum atomic E-state index is 0.268. The number of hydrogen-bond donors (Lipinski definition) is 0. The molecule has 0 radical (unpaired) electrons. The summed E-state index contributed by atoms with van der Waals surface area (Å²) in [5.41, 5.74) is 13.9. The standard InChI is InChI=1S/C31H20BN/c1-2-8-20(9-3-1)21-14-15-22-18-23-16-17-25-24-10-4-6-12-28(24)33-29-13-7-5-11-26(29)32(27(22)19-21)30(23)31(25)33/h1-17,19H,18H2. The summed E-state index contributed by atoms with van der Waals surface area (Å²) in [4.78, 5) is 0. The third kappa shape index (κ3) is 2.23. The summed E-state index contributed by atoms with van der Waals surface area (Å²) in [6.45, 7) is 0.268. The number of nitrogens with zero attached hydrogens (tertiary/aromatic N) is 1. The van der Waals surface area contributed by atoms with Crippen molar-refractivity contribution in [2.24, 2.45) is 0 Å². The van der Waals surface area contributed by atoms with Crippen LogP contribution in [0.3, 0.4) is 0 Å². The van der Waals surface area contributed by atoms with Crippen LogP contribution in [0, 0.1) is 0 Å². The second-order valence-corrected chi connectivity index (χ2v) is 9.34. The lowest BCUT2D eigenvalue weighted by Gasteiger charge is -2.33. The van der Waals surface area contributed by atoms with E-state index in [2.05, 4.69) is 114 Å². The van der Waals surface area contributed by atoms with Crippen LogP contribution in [0.4, 0.5) is 0 Å². The molecule has 33 heavy (non-hydrogen) atoms. The highest BCUT2D eigenvalue weighted by atomic mass is 15.0. The summed E-state index contributed by atoms with van der Waals surface area (Å²) in [5.74, 6) is 0. The van der Waals surface area contributed by atoms with Crippen LogP contribution in [-0.2, 0) is 6.42 Å². The lowest BCUT2D eigenvalue weighted by Crippen LogP contribution is -2.60. The Morgan fingerprint density at radius 3 is 2.30 bits per heavy atom. The van der Waals surface area contributed by atoms with Gasteiger partial charge in [-0.2, -0.15) is 0 Å². The summed E-state index contributed by atoms with van der Waals surface area (Å²) in [5, 5.41) is 2.71. The van der Waals surface area contributed by atoms with Crippen LogP contribution >= 0.6 is 0 Å². The predicted octanol–water partition coefficient (Wildman–Crippen LogP) is 5.18. The van der Waals surface area contributed by atoms with E-state index in [9.17, 15) is 0 Å². The van der Waals surface area contributed by atoms with Crippen LogP contribution in [0.25, 0.3) is 38.6 Å². The van der Waals surface area contributed by atoms with Gasteiger partial charge in [-0.3, -0.25) is 0 Å². The maximum absolute atomic E-state index is 2.52. The molecule has 0 saturated carbocycles. The first kappa shape index (κ1) is 17.5. The fourth-order valence-electron chi connectivity index (χ4n) is 6.31. The van der Waals surface area contributed by atoms with E-state index in [-0.39, 0.29) is 6.71 Å². The Morgan fingerprint density at radius 1 is 0.576 bits per heavy atom. The second-order valence-electron chi connectivity index (χ2n) is 9.34. The number of rotatable bonds is 1. The highest BCUT2D eigenvalue weighted by molar-refractivity contribution is 6.99. The molecule has 0 amide bonds. The van der Waals surface area contributed by atoms with Gasteiger partial charge < -0.3 is 4.57 Å². The maximum atomic E-state index is 2.52. The minimum Gasteiger partial charge on any atom is -0.310 e. The third-order valence-electron chi connectivity index (χ3n) is 7.69. The first-order chi connectivity index (χ1) is 16.4. The Bertz CT molecular complexity index is 1740. The van der Waals surface area contributed by atoms with Crippen LogP contribution in [-0.4, -0.2) is 11.3 Å². The number of fused-ring (bicyclic) bond motifs is 8. The van der Waals surface area contributed by atoms with Gasteiger partial charge in [0, 0.05) is 22.0 Å². The van der Waals surface area contributed by atoms with Crippen molar-refractivity contribution in [3.8, 4) is 16.8 Å². The maximum Gasteiger partial charge on any atom is 0.247 e. The molecule has 2 aliphatic rings. The van der Waals surface area contributed by atoms with Gasteiger partial charge in [-0.1, -0.05) is 103 Å². The van der Waals surface area contributed by atoms with Gasteiger partial charge in [0.25, 0.3) is 0 Å². The molecular weight excluding hydrogens is 397 g/mol. The van der Waals surface area contributed by atoms with Crippen molar-refractivity contribution >= 4 is 44.9 Å². The Balaban J connectivity index is 1.51. The molecule has 1 nitrogen and oxygen atoms in total. The zero-order valence-corrected chi connectivity index (χ0v) is 18.1. The fraction of sp³-hybridized carbons (Fsp3) is 0.0323. The van der Waals surface area contributed by atoms with E-state index in [0.717, 1.165) is 6.42 Å². The van der Waals surface area contributed by atoms with Crippen molar-refractivity contribution in [2.75, 3.05) is 0 Å². The molecule has 0 bridgehead atoms. The van der Waals surface area contributed by atoms with Crippen molar-refractivity contribution in [3.05, 3.63) is 120 Å². The summed E-state index contributed by atoms with van der Waals surface area (Å²) < 4.78 is 2.52. The average Bonchev–Trinajstić information content (AvgIpc) is 3.23. The normalized spacial score (nSPS) is 13.3. The van der Waals surface area contributed by atoms with Gasteiger partial charge in [0.2, 0.25) is 6.71 Å². The molecule has 0 spiro atoms. The Morgan fingerprint density at radius 2 is 1.36 bits per heavy atom. The van der Waals surface area contributed by atoms with E-state index in [1.165, 1.54) is 66.1 Å². The van der Waals surface area contributed by atoms with E-state index in [4.69, 9.17) is 0 Å². The summed E-state index contributed by atoms with van der Waals surface area (Å²) >= 11 is 0. The smallest absolute Gasteiger partial charge is 0.247 e. The van der Waals surface area contributed by atoms with Crippen molar-refractivity contribution in [1.29, 1.82) is 0 Å². The lowest BCUT2D eigenvalue weighted by molar-refractivity contribution is 1.16. The molecule has 3 heterocycles. The Hall–Kier alpha value is -4.04. The van der Waals surface area contributed by atoms with E-state index >= 15 is 0 Å². The Labute approximate surface area is 193 Å². The predicted molar refractivity (Wildman–Crippen MR) is 140 cm³/mol. The molecule has 0 aliphatic carbocycles. The van der Waals surface area contributed by atoms with E-state index < -0.39 is 0 Å². The van der Waals surface area contributed by atoms with Gasteiger partial charge in [-0.15, -0.1) is 0 Å². The molecule has 0 unspecified atom stereocenters. The van der Waals surface area contributed by atoms with Crippen LogP contribution in [0.1, 0.15) is 11.1 Å². The number of para-hydroxylation sites is 2. The number of benzene rings is 5. The average molecular weight is 417 g/mol. The van der Waals surface area contributed by atoms with Crippen molar-refractivity contribution in [2.45, 2.75) is 6.42 Å². The minimum absolute atomic E-state index is 0.268. The molecule has 2 aliphatic heterocycles. The van der Waals surface area contributed by atoms with Gasteiger partial charge in [-0.05, 0) is 51.7 Å². The van der Waals surface area contributed by atoms with Gasteiger partial charge in [0.05, 0.1) is 5.52 Å². The highest BCUT2D eigenvalue weighted by Gasteiger charge is 2.38.